The van der Waals surface area contributed by atoms with Crippen molar-refractivity contribution in [1.29, 1.82) is 0 Å². The van der Waals surface area contributed by atoms with Crippen molar-refractivity contribution in [3.63, 3.8) is 0 Å². The van der Waals surface area contributed by atoms with E-state index in [0.29, 0.717) is 23.9 Å². The van der Waals surface area contributed by atoms with E-state index in [-0.39, 0.29) is 12.7 Å². The number of hydrogen-bond donors (Lipinski definition) is 0. The Bertz CT molecular complexity index is 896. The molecule has 2 aromatic carbocycles. The van der Waals surface area contributed by atoms with Gasteiger partial charge in [-0.2, -0.15) is 0 Å². The van der Waals surface area contributed by atoms with E-state index in [2.05, 4.69) is 11.0 Å². The molecule has 1 unspecified atom stereocenters. The van der Waals surface area contributed by atoms with Crippen LogP contribution in [0.5, 0.6) is 17.2 Å². The zero-order chi connectivity index (χ0) is 20.4. The van der Waals surface area contributed by atoms with E-state index < -0.39 is 6.10 Å². The van der Waals surface area contributed by atoms with Gasteiger partial charge in [0.15, 0.2) is 17.6 Å². The molecule has 29 heavy (non-hydrogen) atoms. The fourth-order valence-corrected chi connectivity index (χ4v) is 3.89. The molecule has 0 bridgehead atoms. The standard InChI is InChI=1S/C22H25ClN2O4/c1-15-11-18(23)4-6-19(15)29-16(2)22(26)25-9-7-24(8-10-25)13-17-3-5-20-21(12-17)28-14-27-20/h3-6,11-12,16H,7-10,13-14H2,1-2H3. The van der Waals surface area contributed by atoms with Gasteiger partial charge in [-0.25, -0.2) is 0 Å². The normalized spacial score (nSPS) is 17.3. The Morgan fingerprint density at radius 2 is 1.86 bits per heavy atom. The van der Waals surface area contributed by atoms with Crippen LogP contribution in [0.3, 0.4) is 0 Å². The molecule has 0 saturated carbocycles. The summed E-state index contributed by atoms with van der Waals surface area (Å²) in [5.41, 5.74) is 2.11. The lowest BCUT2D eigenvalue weighted by Crippen LogP contribution is -2.51. The topological polar surface area (TPSA) is 51.2 Å². The molecule has 154 valence electrons. The molecule has 2 heterocycles. The van der Waals surface area contributed by atoms with Crippen LogP contribution in [0.1, 0.15) is 18.1 Å². The van der Waals surface area contributed by atoms with E-state index in [1.165, 1.54) is 5.56 Å². The van der Waals surface area contributed by atoms with Gasteiger partial charge in [0.2, 0.25) is 6.79 Å². The fraction of sp³-hybridized carbons (Fsp3) is 0.409. The molecular formula is C22H25ClN2O4. The van der Waals surface area contributed by atoms with Crippen molar-refractivity contribution in [2.24, 2.45) is 0 Å². The molecule has 1 atom stereocenters. The van der Waals surface area contributed by atoms with Gasteiger partial charge in [0.25, 0.3) is 5.91 Å². The monoisotopic (exact) mass is 416 g/mol. The number of ether oxygens (including phenoxy) is 3. The van der Waals surface area contributed by atoms with Gasteiger partial charge < -0.3 is 19.1 Å². The zero-order valence-corrected chi connectivity index (χ0v) is 17.4. The quantitative estimate of drug-likeness (QED) is 0.746. The number of benzene rings is 2. The van der Waals surface area contributed by atoms with Gasteiger partial charge in [0.1, 0.15) is 5.75 Å². The van der Waals surface area contributed by atoms with Gasteiger partial charge in [-0.1, -0.05) is 17.7 Å². The Balaban J connectivity index is 1.29. The molecule has 2 aliphatic rings. The van der Waals surface area contributed by atoms with Crippen molar-refractivity contribution in [3.05, 3.63) is 52.5 Å². The van der Waals surface area contributed by atoms with E-state index in [1.807, 2.05) is 36.1 Å². The number of hydrogen-bond acceptors (Lipinski definition) is 5. The molecule has 2 aliphatic heterocycles. The van der Waals surface area contributed by atoms with Crippen molar-refractivity contribution >= 4 is 17.5 Å². The summed E-state index contributed by atoms with van der Waals surface area (Å²) in [4.78, 5) is 17.0. The van der Waals surface area contributed by atoms with Crippen LogP contribution in [0.25, 0.3) is 0 Å². The van der Waals surface area contributed by atoms with Crippen LogP contribution in [0.2, 0.25) is 5.02 Å². The Labute approximate surface area is 175 Å². The third-order valence-corrected chi connectivity index (χ3v) is 5.55. The zero-order valence-electron chi connectivity index (χ0n) is 16.7. The summed E-state index contributed by atoms with van der Waals surface area (Å²) < 4.78 is 16.7. The van der Waals surface area contributed by atoms with E-state index in [9.17, 15) is 4.79 Å². The van der Waals surface area contributed by atoms with Crippen molar-refractivity contribution in [1.82, 2.24) is 9.80 Å². The Hall–Kier alpha value is -2.44. The average molecular weight is 417 g/mol. The van der Waals surface area contributed by atoms with Crippen LogP contribution in [-0.2, 0) is 11.3 Å². The summed E-state index contributed by atoms with van der Waals surface area (Å²) >= 11 is 5.99. The largest absolute Gasteiger partial charge is 0.481 e. The summed E-state index contributed by atoms with van der Waals surface area (Å²) in [6.45, 7) is 7.87. The Morgan fingerprint density at radius 3 is 2.62 bits per heavy atom. The van der Waals surface area contributed by atoms with Gasteiger partial charge in [0.05, 0.1) is 0 Å². The highest BCUT2D eigenvalue weighted by molar-refractivity contribution is 6.30. The SMILES string of the molecule is Cc1cc(Cl)ccc1OC(C)C(=O)N1CCN(Cc2ccc3c(c2)OCO3)CC1. The predicted molar refractivity (Wildman–Crippen MR) is 111 cm³/mol. The predicted octanol–water partition coefficient (Wildman–Crippen LogP) is 3.49. The van der Waals surface area contributed by atoms with Crippen molar-refractivity contribution in [2.75, 3.05) is 33.0 Å². The molecule has 0 N–H and O–H groups in total. The number of amides is 1. The third-order valence-electron chi connectivity index (χ3n) is 5.32. The maximum Gasteiger partial charge on any atom is 0.263 e. The first-order valence-electron chi connectivity index (χ1n) is 9.82. The van der Waals surface area contributed by atoms with E-state index in [1.54, 1.807) is 13.0 Å². The van der Waals surface area contributed by atoms with E-state index in [0.717, 1.165) is 36.7 Å². The van der Waals surface area contributed by atoms with Gasteiger partial charge in [-0.05, 0) is 55.3 Å². The van der Waals surface area contributed by atoms with E-state index >= 15 is 0 Å². The molecule has 0 aliphatic carbocycles. The maximum absolute atomic E-state index is 12.8. The third kappa shape index (κ3) is 4.60. The van der Waals surface area contributed by atoms with Crippen molar-refractivity contribution < 1.29 is 19.0 Å². The smallest absolute Gasteiger partial charge is 0.263 e. The number of nitrogens with zero attached hydrogens (tertiary/aromatic N) is 2. The average Bonchev–Trinajstić information content (AvgIpc) is 3.18. The molecule has 0 spiro atoms. The fourth-order valence-electron chi connectivity index (χ4n) is 3.67. The second-order valence-electron chi connectivity index (χ2n) is 7.46. The summed E-state index contributed by atoms with van der Waals surface area (Å²) in [6, 6.07) is 11.5. The summed E-state index contributed by atoms with van der Waals surface area (Å²) in [6.07, 6.45) is -0.532. The number of fused-ring (bicyclic) bond motifs is 1. The number of aryl methyl sites for hydroxylation is 1. The Kier molecular flexibility index (Phi) is 5.83. The van der Waals surface area contributed by atoms with Crippen LogP contribution in [-0.4, -0.2) is 54.8 Å². The molecule has 1 saturated heterocycles. The van der Waals surface area contributed by atoms with Gasteiger partial charge in [0, 0.05) is 37.7 Å². The highest BCUT2D eigenvalue weighted by atomic mass is 35.5. The molecule has 1 amide bonds. The molecule has 0 radical (unpaired) electrons. The first-order chi connectivity index (χ1) is 14.0. The highest BCUT2D eigenvalue weighted by Crippen LogP contribution is 2.33. The summed E-state index contributed by atoms with van der Waals surface area (Å²) in [5.74, 6) is 2.31. The van der Waals surface area contributed by atoms with Crippen LogP contribution in [0.4, 0.5) is 0 Å². The first-order valence-corrected chi connectivity index (χ1v) is 10.2. The molecule has 1 fully saturated rings. The molecule has 0 aromatic heterocycles. The van der Waals surface area contributed by atoms with Crippen LogP contribution < -0.4 is 14.2 Å². The minimum Gasteiger partial charge on any atom is -0.481 e. The van der Waals surface area contributed by atoms with Gasteiger partial charge >= 0.3 is 0 Å². The molecule has 7 heteroatoms. The van der Waals surface area contributed by atoms with Crippen LogP contribution >= 0.6 is 11.6 Å². The number of rotatable bonds is 5. The highest BCUT2D eigenvalue weighted by Gasteiger charge is 2.26. The minimum absolute atomic E-state index is 0.0158. The molecule has 4 rings (SSSR count). The second kappa shape index (κ2) is 8.51. The van der Waals surface area contributed by atoms with Crippen molar-refractivity contribution in [2.45, 2.75) is 26.5 Å². The second-order valence-corrected chi connectivity index (χ2v) is 7.90. The first kappa shape index (κ1) is 19.9. The van der Waals surface area contributed by atoms with Gasteiger partial charge in [-0.3, -0.25) is 9.69 Å². The lowest BCUT2D eigenvalue weighted by atomic mass is 10.1. The van der Waals surface area contributed by atoms with Crippen LogP contribution in [0, 0.1) is 6.92 Å². The summed E-state index contributed by atoms with van der Waals surface area (Å²) in [7, 11) is 0. The lowest BCUT2D eigenvalue weighted by Gasteiger charge is -2.36. The maximum atomic E-state index is 12.8. The molecule has 6 nitrogen and oxygen atoms in total. The number of halogens is 1. The van der Waals surface area contributed by atoms with E-state index in [4.69, 9.17) is 25.8 Å². The Morgan fingerprint density at radius 1 is 1.10 bits per heavy atom. The molecular weight excluding hydrogens is 392 g/mol. The number of piperazine rings is 1. The molecule has 2 aromatic rings. The number of carbonyl (C=O) groups is 1. The van der Waals surface area contributed by atoms with Crippen molar-refractivity contribution in [3.8, 4) is 17.2 Å². The van der Waals surface area contributed by atoms with Crippen LogP contribution in [0.15, 0.2) is 36.4 Å². The lowest BCUT2D eigenvalue weighted by molar-refractivity contribution is -0.139. The van der Waals surface area contributed by atoms with Gasteiger partial charge in [-0.15, -0.1) is 0 Å². The minimum atomic E-state index is -0.532. The number of carbonyl (C=O) groups excluding carboxylic acids is 1. The summed E-state index contributed by atoms with van der Waals surface area (Å²) in [5, 5.41) is 0.660.